The predicted molar refractivity (Wildman–Crippen MR) is 113 cm³/mol. The Hall–Kier alpha value is -3.52. The minimum absolute atomic E-state index is 0.0221. The lowest BCUT2D eigenvalue weighted by Gasteiger charge is -2.34. The Kier molecular flexibility index (Phi) is 5.58. The van der Waals surface area contributed by atoms with Crippen LogP contribution in [0.3, 0.4) is 0 Å². The number of aromatic nitrogens is 2. The summed E-state index contributed by atoms with van der Waals surface area (Å²) in [6.07, 6.45) is 1.71. The molecule has 1 fully saturated rings. The molecule has 1 N–H and O–H groups in total. The predicted octanol–water partition coefficient (Wildman–Crippen LogP) is 1.61. The first-order chi connectivity index (χ1) is 14.5. The monoisotopic (exact) mass is 405 g/mol. The molecule has 30 heavy (non-hydrogen) atoms. The average molecular weight is 405 g/mol. The number of hydrogen-bond donors (Lipinski definition) is 1. The molecular formula is C22H23N5O3. The maximum Gasteiger partial charge on any atom is 0.258 e. The Balaban J connectivity index is 1.36. The number of amides is 2. The third-order valence-electron chi connectivity index (χ3n) is 5.12. The summed E-state index contributed by atoms with van der Waals surface area (Å²) in [5.74, 6) is -0.167. The zero-order chi connectivity index (χ0) is 21.1. The number of rotatable bonds is 4. The standard InChI is InChI=1S/C22H23N5O3/c1-16(28)23-18-7-5-17(6-8-18)22(30)26-12-10-25(11-13-26)15-19-14-21(29)27-9-3-2-4-20(27)24-19/h2-9,14H,10-13,15H2,1H3,(H,23,28). The lowest BCUT2D eigenvalue weighted by molar-refractivity contribution is -0.114. The number of pyridine rings is 1. The maximum atomic E-state index is 12.8. The molecule has 2 amide bonds. The van der Waals surface area contributed by atoms with E-state index in [0.29, 0.717) is 49.6 Å². The molecular weight excluding hydrogens is 382 g/mol. The number of nitrogens with zero attached hydrogens (tertiary/aromatic N) is 4. The molecule has 0 spiro atoms. The molecule has 4 rings (SSSR count). The average Bonchev–Trinajstić information content (AvgIpc) is 2.74. The summed E-state index contributed by atoms with van der Waals surface area (Å²) in [4.78, 5) is 44.7. The van der Waals surface area contributed by atoms with Crippen LogP contribution in [0.4, 0.5) is 5.69 Å². The van der Waals surface area contributed by atoms with Gasteiger partial charge < -0.3 is 10.2 Å². The van der Waals surface area contributed by atoms with Crippen molar-refractivity contribution in [2.45, 2.75) is 13.5 Å². The summed E-state index contributed by atoms with van der Waals surface area (Å²) >= 11 is 0. The highest BCUT2D eigenvalue weighted by Crippen LogP contribution is 2.14. The van der Waals surface area contributed by atoms with Gasteiger partial charge in [-0.1, -0.05) is 6.07 Å². The van der Waals surface area contributed by atoms with Crippen LogP contribution in [0.15, 0.2) is 59.5 Å². The highest BCUT2D eigenvalue weighted by molar-refractivity contribution is 5.95. The van der Waals surface area contributed by atoms with Gasteiger partial charge in [0.1, 0.15) is 5.65 Å². The van der Waals surface area contributed by atoms with E-state index in [2.05, 4.69) is 15.2 Å². The van der Waals surface area contributed by atoms with Crippen molar-refractivity contribution in [2.75, 3.05) is 31.5 Å². The smallest absolute Gasteiger partial charge is 0.258 e. The number of carbonyl (C=O) groups is 2. The number of fused-ring (bicyclic) bond motifs is 1. The van der Waals surface area contributed by atoms with Crippen molar-refractivity contribution in [1.82, 2.24) is 19.2 Å². The van der Waals surface area contributed by atoms with E-state index in [9.17, 15) is 14.4 Å². The van der Waals surface area contributed by atoms with E-state index >= 15 is 0 Å². The minimum atomic E-state index is -0.145. The molecule has 8 heteroatoms. The molecule has 1 aliphatic rings. The van der Waals surface area contributed by atoms with Crippen LogP contribution < -0.4 is 10.9 Å². The van der Waals surface area contributed by atoms with Crippen LogP contribution in [0, 0.1) is 0 Å². The van der Waals surface area contributed by atoms with E-state index in [4.69, 9.17) is 0 Å². The van der Waals surface area contributed by atoms with Crippen LogP contribution >= 0.6 is 0 Å². The van der Waals surface area contributed by atoms with Gasteiger partial charge in [-0.15, -0.1) is 0 Å². The van der Waals surface area contributed by atoms with Gasteiger partial charge in [0, 0.05) is 63.2 Å². The van der Waals surface area contributed by atoms with E-state index in [1.165, 1.54) is 11.3 Å². The highest BCUT2D eigenvalue weighted by atomic mass is 16.2. The molecule has 2 aromatic heterocycles. The molecule has 3 heterocycles. The van der Waals surface area contributed by atoms with Gasteiger partial charge in [0.25, 0.3) is 11.5 Å². The quantitative estimate of drug-likeness (QED) is 0.713. The van der Waals surface area contributed by atoms with Gasteiger partial charge in [0.2, 0.25) is 5.91 Å². The minimum Gasteiger partial charge on any atom is -0.336 e. The Labute approximate surface area is 173 Å². The number of piperazine rings is 1. The summed E-state index contributed by atoms with van der Waals surface area (Å²) in [5.41, 5.74) is 2.55. The molecule has 0 atom stereocenters. The fourth-order valence-corrected chi connectivity index (χ4v) is 3.60. The lowest BCUT2D eigenvalue weighted by Crippen LogP contribution is -2.48. The van der Waals surface area contributed by atoms with Crippen LogP contribution in [0.2, 0.25) is 0 Å². The van der Waals surface area contributed by atoms with Crippen LogP contribution in [0.5, 0.6) is 0 Å². The normalized spacial score (nSPS) is 14.6. The Morgan fingerprint density at radius 2 is 1.77 bits per heavy atom. The Bertz CT molecular complexity index is 1130. The van der Waals surface area contributed by atoms with Crippen LogP contribution in [0.25, 0.3) is 5.65 Å². The fourth-order valence-electron chi connectivity index (χ4n) is 3.60. The van der Waals surface area contributed by atoms with Gasteiger partial charge in [0.15, 0.2) is 0 Å². The second-order valence-corrected chi connectivity index (χ2v) is 7.34. The number of carbonyl (C=O) groups excluding carboxylic acids is 2. The largest absolute Gasteiger partial charge is 0.336 e. The molecule has 0 bridgehead atoms. The fraction of sp³-hybridized carbons (Fsp3) is 0.273. The Morgan fingerprint density at radius 3 is 2.47 bits per heavy atom. The lowest BCUT2D eigenvalue weighted by atomic mass is 10.1. The zero-order valence-corrected chi connectivity index (χ0v) is 16.7. The second-order valence-electron chi connectivity index (χ2n) is 7.34. The van der Waals surface area contributed by atoms with Crippen LogP contribution in [-0.2, 0) is 11.3 Å². The molecule has 0 unspecified atom stereocenters. The van der Waals surface area contributed by atoms with E-state index in [1.807, 2.05) is 17.0 Å². The van der Waals surface area contributed by atoms with E-state index in [1.54, 1.807) is 42.6 Å². The summed E-state index contributed by atoms with van der Waals surface area (Å²) in [5, 5.41) is 2.69. The second kappa shape index (κ2) is 8.46. The van der Waals surface area contributed by atoms with Gasteiger partial charge in [-0.3, -0.25) is 23.7 Å². The van der Waals surface area contributed by atoms with Crippen LogP contribution in [0.1, 0.15) is 23.0 Å². The van der Waals surface area contributed by atoms with Gasteiger partial charge >= 0.3 is 0 Å². The zero-order valence-electron chi connectivity index (χ0n) is 16.7. The van der Waals surface area contributed by atoms with Crippen molar-refractivity contribution in [3.63, 3.8) is 0 Å². The molecule has 154 valence electrons. The van der Waals surface area contributed by atoms with Gasteiger partial charge in [-0.05, 0) is 36.4 Å². The van der Waals surface area contributed by atoms with Gasteiger partial charge in [-0.2, -0.15) is 0 Å². The van der Waals surface area contributed by atoms with Crippen molar-refractivity contribution < 1.29 is 9.59 Å². The van der Waals surface area contributed by atoms with Gasteiger partial charge in [-0.25, -0.2) is 4.98 Å². The Morgan fingerprint density at radius 1 is 1.03 bits per heavy atom. The molecule has 0 radical (unpaired) electrons. The molecule has 3 aromatic rings. The number of nitrogens with one attached hydrogen (secondary N) is 1. The molecule has 0 aliphatic carbocycles. The first-order valence-electron chi connectivity index (χ1n) is 9.86. The van der Waals surface area contributed by atoms with Gasteiger partial charge in [0.05, 0.1) is 5.69 Å². The summed E-state index contributed by atoms with van der Waals surface area (Å²) in [7, 11) is 0. The van der Waals surface area contributed by atoms with Crippen molar-refractivity contribution in [1.29, 1.82) is 0 Å². The summed E-state index contributed by atoms with van der Waals surface area (Å²) in [6, 6.07) is 14.0. The third kappa shape index (κ3) is 4.38. The maximum absolute atomic E-state index is 12.8. The van der Waals surface area contributed by atoms with Crippen molar-refractivity contribution in [2.24, 2.45) is 0 Å². The first-order valence-corrected chi connectivity index (χ1v) is 9.86. The number of hydrogen-bond acceptors (Lipinski definition) is 5. The molecule has 1 aliphatic heterocycles. The first kappa shape index (κ1) is 19.8. The van der Waals surface area contributed by atoms with E-state index in [0.717, 1.165) is 5.69 Å². The number of benzene rings is 1. The third-order valence-corrected chi connectivity index (χ3v) is 5.12. The molecule has 8 nitrogen and oxygen atoms in total. The van der Waals surface area contributed by atoms with Crippen molar-refractivity contribution >= 4 is 23.1 Å². The molecule has 0 saturated carbocycles. The van der Waals surface area contributed by atoms with Crippen molar-refractivity contribution in [3.05, 3.63) is 76.3 Å². The summed E-state index contributed by atoms with van der Waals surface area (Å²) < 4.78 is 1.53. The number of anilines is 1. The van der Waals surface area contributed by atoms with Crippen molar-refractivity contribution in [3.8, 4) is 0 Å². The molecule has 1 saturated heterocycles. The van der Waals surface area contributed by atoms with Crippen LogP contribution in [-0.4, -0.2) is 57.2 Å². The topological polar surface area (TPSA) is 87.0 Å². The molecule has 1 aromatic carbocycles. The summed E-state index contributed by atoms with van der Waals surface area (Å²) in [6.45, 7) is 4.67. The van der Waals surface area contributed by atoms with E-state index in [-0.39, 0.29) is 17.4 Å². The van der Waals surface area contributed by atoms with E-state index < -0.39 is 0 Å². The SMILES string of the molecule is CC(=O)Nc1ccc(C(=O)N2CCN(Cc3cc(=O)n4ccccc4n3)CC2)cc1. The highest BCUT2D eigenvalue weighted by Gasteiger charge is 2.22.